The van der Waals surface area contributed by atoms with Crippen molar-refractivity contribution < 1.29 is 4.79 Å². The Hall–Kier alpha value is -2.39. The second-order valence-electron chi connectivity index (χ2n) is 5.83. The molecule has 110 valence electrons. The number of carbonyl (C=O) groups is 1. The van der Waals surface area contributed by atoms with Gasteiger partial charge in [0.25, 0.3) is 0 Å². The molecule has 1 unspecified atom stereocenters. The lowest BCUT2D eigenvalue weighted by Gasteiger charge is -2.14. The molecule has 0 radical (unpaired) electrons. The summed E-state index contributed by atoms with van der Waals surface area (Å²) in [5.74, 6) is 0.0675. The summed E-state index contributed by atoms with van der Waals surface area (Å²) in [6, 6.07) is 18.5. The maximum absolute atomic E-state index is 12.4. The van der Waals surface area contributed by atoms with E-state index in [-0.39, 0.29) is 11.9 Å². The summed E-state index contributed by atoms with van der Waals surface area (Å²) in [6.45, 7) is 0.927. The predicted octanol–water partition coefficient (Wildman–Crippen LogP) is 3.68. The fourth-order valence-corrected chi connectivity index (χ4v) is 3.29. The van der Waals surface area contributed by atoms with Crippen LogP contribution in [0.15, 0.2) is 54.6 Å². The van der Waals surface area contributed by atoms with Crippen LogP contribution in [0.25, 0.3) is 21.5 Å². The molecular formula is C19H18N2O. The van der Waals surface area contributed by atoms with Crippen molar-refractivity contribution in [2.75, 3.05) is 11.9 Å². The molecule has 0 aliphatic carbocycles. The van der Waals surface area contributed by atoms with E-state index in [1.807, 2.05) is 18.2 Å². The third-order valence-electron chi connectivity index (χ3n) is 4.40. The van der Waals surface area contributed by atoms with E-state index < -0.39 is 0 Å². The van der Waals surface area contributed by atoms with Crippen molar-refractivity contribution in [2.45, 2.75) is 18.9 Å². The zero-order valence-electron chi connectivity index (χ0n) is 12.3. The molecular weight excluding hydrogens is 272 g/mol. The number of hydrogen-bond acceptors (Lipinski definition) is 2. The molecule has 1 aliphatic rings. The molecule has 3 nitrogen and oxygen atoms in total. The molecule has 0 bridgehead atoms. The normalized spacial score (nSPS) is 17.9. The zero-order valence-corrected chi connectivity index (χ0v) is 12.3. The Morgan fingerprint density at radius 2 is 1.73 bits per heavy atom. The maximum Gasteiger partial charge on any atom is 0.241 e. The molecule has 1 aliphatic heterocycles. The molecule has 1 heterocycles. The highest BCUT2D eigenvalue weighted by Gasteiger charge is 2.22. The first-order valence-corrected chi connectivity index (χ1v) is 7.78. The Kier molecular flexibility index (Phi) is 3.28. The Labute approximate surface area is 129 Å². The van der Waals surface area contributed by atoms with Crippen LogP contribution in [0.5, 0.6) is 0 Å². The van der Waals surface area contributed by atoms with Crippen molar-refractivity contribution in [3.05, 3.63) is 54.6 Å². The second-order valence-corrected chi connectivity index (χ2v) is 5.83. The molecule has 1 fully saturated rings. The summed E-state index contributed by atoms with van der Waals surface area (Å²) in [5.41, 5.74) is 0.896. The average Bonchev–Trinajstić information content (AvgIpc) is 3.10. The number of nitrogens with one attached hydrogen (secondary N) is 2. The molecule has 1 atom stereocenters. The van der Waals surface area contributed by atoms with E-state index in [1.165, 1.54) is 10.8 Å². The summed E-state index contributed by atoms with van der Waals surface area (Å²) in [7, 11) is 0. The van der Waals surface area contributed by atoms with Gasteiger partial charge in [-0.1, -0.05) is 48.5 Å². The monoisotopic (exact) mass is 290 g/mol. The number of carbonyl (C=O) groups excluding carboxylic acids is 1. The first-order chi connectivity index (χ1) is 10.8. The highest BCUT2D eigenvalue weighted by molar-refractivity contribution is 6.15. The zero-order chi connectivity index (χ0) is 14.9. The summed E-state index contributed by atoms with van der Waals surface area (Å²) in [4.78, 5) is 12.4. The minimum absolute atomic E-state index is 0.0646. The van der Waals surface area contributed by atoms with E-state index in [1.54, 1.807) is 0 Å². The highest BCUT2D eigenvalue weighted by atomic mass is 16.2. The van der Waals surface area contributed by atoms with Crippen LogP contribution in [-0.4, -0.2) is 18.5 Å². The first kappa shape index (κ1) is 13.3. The summed E-state index contributed by atoms with van der Waals surface area (Å²) in [6.07, 6.45) is 1.98. The highest BCUT2D eigenvalue weighted by Crippen LogP contribution is 2.32. The minimum Gasteiger partial charge on any atom is -0.324 e. The number of rotatable bonds is 2. The number of amides is 1. The van der Waals surface area contributed by atoms with Crippen LogP contribution in [0.1, 0.15) is 12.8 Å². The molecule has 3 aromatic carbocycles. The van der Waals surface area contributed by atoms with Crippen LogP contribution >= 0.6 is 0 Å². The molecule has 0 saturated carbocycles. The van der Waals surface area contributed by atoms with Crippen molar-refractivity contribution in [2.24, 2.45) is 0 Å². The van der Waals surface area contributed by atoms with Crippen molar-refractivity contribution in [3.63, 3.8) is 0 Å². The van der Waals surface area contributed by atoms with Gasteiger partial charge in [-0.3, -0.25) is 4.79 Å². The maximum atomic E-state index is 12.4. The van der Waals surface area contributed by atoms with Crippen LogP contribution in [0.3, 0.4) is 0 Å². The molecule has 4 rings (SSSR count). The number of benzene rings is 3. The largest absolute Gasteiger partial charge is 0.324 e. The Morgan fingerprint density at radius 3 is 2.50 bits per heavy atom. The van der Waals surface area contributed by atoms with Gasteiger partial charge >= 0.3 is 0 Å². The van der Waals surface area contributed by atoms with Crippen molar-refractivity contribution in [1.82, 2.24) is 5.32 Å². The Balaban J connectivity index is 1.83. The van der Waals surface area contributed by atoms with Gasteiger partial charge in [0.1, 0.15) is 0 Å². The predicted molar refractivity (Wildman–Crippen MR) is 91.1 cm³/mol. The number of fused-ring (bicyclic) bond motifs is 3. The van der Waals surface area contributed by atoms with E-state index in [0.717, 1.165) is 35.8 Å². The molecule has 22 heavy (non-hydrogen) atoms. The molecule has 3 aromatic rings. The average molecular weight is 290 g/mol. The van der Waals surface area contributed by atoms with Crippen molar-refractivity contribution in [3.8, 4) is 0 Å². The quantitative estimate of drug-likeness (QED) is 0.707. The minimum atomic E-state index is -0.0646. The van der Waals surface area contributed by atoms with Gasteiger partial charge in [0.2, 0.25) is 5.91 Å². The third-order valence-corrected chi connectivity index (χ3v) is 4.40. The van der Waals surface area contributed by atoms with Gasteiger partial charge in [0.05, 0.1) is 6.04 Å². The van der Waals surface area contributed by atoms with Gasteiger partial charge < -0.3 is 10.6 Å². The van der Waals surface area contributed by atoms with Crippen LogP contribution in [0.2, 0.25) is 0 Å². The summed E-state index contributed by atoms with van der Waals surface area (Å²) in [5, 5.41) is 11.0. The SMILES string of the molecule is O=C(Nc1cc2ccccc2c2ccccc12)C1CCCN1. The summed E-state index contributed by atoms with van der Waals surface area (Å²) >= 11 is 0. The van der Waals surface area contributed by atoms with Gasteiger partial charge in [-0.2, -0.15) is 0 Å². The van der Waals surface area contributed by atoms with Gasteiger partial charge in [0, 0.05) is 11.1 Å². The Bertz CT molecular complexity index is 850. The van der Waals surface area contributed by atoms with Gasteiger partial charge in [-0.25, -0.2) is 0 Å². The van der Waals surface area contributed by atoms with Crippen LogP contribution in [-0.2, 0) is 4.79 Å². The first-order valence-electron chi connectivity index (χ1n) is 7.78. The smallest absolute Gasteiger partial charge is 0.241 e. The Morgan fingerprint density at radius 1 is 1.00 bits per heavy atom. The van der Waals surface area contributed by atoms with Crippen LogP contribution < -0.4 is 10.6 Å². The lowest BCUT2D eigenvalue weighted by molar-refractivity contribution is -0.117. The summed E-state index contributed by atoms with van der Waals surface area (Å²) < 4.78 is 0. The van der Waals surface area contributed by atoms with E-state index in [2.05, 4.69) is 47.0 Å². The van der Waals surface area contributed by atoms with E-state index in [0.29, 0.717) is 0 Å². The molecule has 1 amide bonds. The van der Waals surface area contributed by atoms with Crippen molar-refractivity contribution >= 4 is 33.1 Å². The molecule has 0 spiro atoms. The van der Waals surface area contributed by atoms with Gasteiger partial charge in [-0.15, -0.1) is 0 Å². The van der Waals surface area contributed by atoms with Crippen LogP contribution in [0, 0.1) is 0 Å². The third kappa shape index (κ3) is 2.24. The van der Waals surface area contributed by atoms with E-state index in [4.69, 9.17) is 0 Å². The lowest BCUT2D eigenvalue weighted by atomic mass is 10.00. The molecule has 0 aromatic heterocycles. The van der Waals surface area contributed by atoms with Crippen molar-refractivity contribution in [1.29, 1.82) is 0 Å². The van der Waals surface area contributed by atoms with E-state index in [9.17, 15) is 4.79 Å². The topological polar surface area (TPSA) is 41.1 Å². The molecule has 3 heteroatoms. The van der Waals surface area contributed by atoms with Gasteiger partial charge in [0.15, 0.2) is 0 Å². The standard InChI is InChI=1S/C19H18N2O/c22-19(17-10-5-11-20-17)21-18-12-13-6-1-2-7-14(13)15-8-3-4-9-16(15)18/h1-4,6-9,12,17,20H,5,10-11H2,(H,21,22). The lowest BCUT2D eigenvalue weighted by Crippen LogP contribution is -2.35. The van der Waals surface area contributed by atoms with Gasteiger partial charge in [-0.05, 0) is 41.6 Å². The van der Waals surface area contributed by atoms with E-state index >= 15 is 0 Å². The number of hydrogen-bond donors (Lipinski definition) is 2. The number of anilines is 1. The fraction of sp³-hybridized carbons (Fsp3) is 0.211. The fourth-order valence-electron chi connectivity index (χ4n) is 3.29. The molecule has 1 saturated heterocycles. The second kappa shape index (κ2) is 5.43. The van der Waals surface area contributed by atoms with Crippen LogP contribution in [0.4, 0.5) is 5.69 Å². The molecule has 2 N–H and O–H groups in total.